The van der Waals surface area contributed by atoms with Gasteiger partial charge < -0.3 is 0 Å². The largest absolute Gasteiger partial charge is 0.269 e. The van der Waals surface area contributed by atoms with Crippen molar-refractivity contribution >= 4 is 28.4 Å². The lowest BCUT2D eigenvalue weighted by Gasteiger charge is -1.92. The molecular weight excluding hydrogens is 218 g/mol. The number of non-ortho nitro benzene ring substituents is 1. The second-order valence-corrected chi connectivity index (χ2v) is 4.59. The molecule has 0 N–H and O–H groups in total. The van der Waals surface area contributed by atoms with Gasteiger partial charge in [-0.25, -0.2) is 0 Å². The fraction of sp³-hybridized carbons (Fsp3) is 0. The molecule has 0 unspecified atom stereocenters. The van der Waals surface area contributed by atoms with Gasteiger partial charge in [-0.15, -0.1) is 0 Å². The predicted molar refractivity (Wildman–Crippen MR) is 58.7 cm³/mol. The molecule has 5 heteroatoms. The van der Waals surface area contributed by atoms with Gasteiger partial charge in [0, 0.05) is 17.7 Å². The van der Waals surface area contributed by atoms with Gasteiger partial charge in [0.15, 0.2) is 4.88 Å². The second-order valence-electron chi connectivity index (χ2n) is 2.64. The Morgan fingerprint density at radius 2 is 2.00 bits per heavy atom. The van der Waals surface area contributed by atoms with Crippen LogP contribution in [0.15, 0.2) is 34.3 Å². The van der Waals surface area contributed by atoms with Crippen LogP contribution in [-0.2, 0) is 0 Å². The molecule has 0 aliphatic rings. The van der Waals surface area contributed by atoms with E-state index in [2.05, 4.69) is 0 Å². The first-order valence-corrected chi connectivity index (χ1v) is 5.68. The Morgan fingerprint density at radius 3 is 2.50 bits per heavy atom. The number of nitro benzene ring substituents is 1. The van der Waals surface area contributed by atoms with Crippen molar-refractivity contribution in [2.45, 2.75) is 0 Å². The van der Waals surface area contributed by atoms with Crippen molar-refractivity contribution in [3.63, 3.8) is 0 Å². The average Bonchev–Trinajstić information content (AvgIpc) is 2.71. The van der Waals surface area contributed by atoms with Crippen molar-refractivity contribution in [1.82, 2.24) is 0 Å². The summed E-state index contributed by atoms with van der Waals surface area (Å²) in [4.78, 5) is 11.2. The van der Waals surface area contributed by atoms with E-state index in [4.69, 9.17) is 0 Å². The number of rotatable bonds is 2. The van der Waals surface area contributed by atoms with Gasteiger partial charge in [-0.1, -0.05) is 0 Å². The first-order valence-electron chi connectivity index (χ1n) is 3.86. The maximum atomic E-state index is 10.4. The van der Waals surface area contributed by atoms with Crippen LogP contribution in [0.3, 0.4) is 0 Å². The summed E-state index contributed by atoms with van der Waals surface area (Å²) in [6.45, 7) is 0. The molecule has 0 spiro atoms. The van der Waals surface area contributed by atoms with Gasteiger partial charge in [0.2, 0.25) is 4.69 Å². The Hall–Kier alpha value is -1.33. The van der Waals surface area contributed by atoms with Gasteiger partial charge in [0.1, 0.15) is 5.38 Å². The molecule has 0 saturated heterocycles. The molecule has 0 saturated carbocycles. The van der Waals surface area contributed by atoms with Crippen LogP contribution in [0.25, 0.3) is 10.4 Å². The Balaban J connectivity index is 2.36. The smallest absolute Gasteiger partial charge is 0.258 e. The molecule has 14 heavy (non-hydrogen) atoms. The standard InChI is InChI=1S/C9H6NO2S2/c11-10(12)8-3-1-7(2-4-8)9-5-13-6-14-9/h1-6H/q+1. The molecule has 0 fully saturated rings. The molecule has 0 atom stereocenters. The molecule has 3 nitrogen and oxygen atoms in total. The average molecular weight is 224 g/mol. The van der Waals surface area contributed by atoms with E-state index in [0.29, 0.717) is 0 Å². The summed E-state index contributed by atoms with van der Waals surface area (Å²) < 4.78 is 2.02. The molecule has 0 amide bonds. The topological polar surface area (TPSA) is 43.1 Å². The first kappa shape index (κ1) is 9.23. The fourth-order valence-electron chi connectivity index (χ4n) is 1.08. The van der Waals surface area contributed by atoms with Gasteiger partial charge in [0.05, 0.1) is 27.6 Å². The lowest BCUT2D eigenvalue weighted by Crippen LogP contribution is -1.86. The highest BCUT2D eigenvalue weighted by molar-refractivity contribution is 7.29. The van der Waals surface area contributed by atoms with E-state index in [1.807, 2.05) is 10.1 Å². The summed E-state index contributed by atoms with van der Waals surface area (Å²) >= 11 is 3.27. The summed E-state index contributed by atoms with van der Waals surface area (Å²) in [5, 5.41) is 12.4. The number of hydrogen-bond donors (Lipinski definition) is 0. The highest BCUT2D eigenvalue weighted by atomic mass is 32.2. The molecular formula is C9H6NO2S2+. The monoisotopic (exact) mass is 224 g/mol. The van der Waals surface area contributed by atoms with Crippen LogP contribution in [0.2, 0.25) is 0 Å². The zero-order valence-electron chi connectivity index (χ0n) is 7.04. The fourth-order valence-corrected chi connectivity index (χ4v) is 2.86. The minimum Gasteiger partial charge on any atom is -0.258 e. The third kappa shape index (κ3) is 1.78. The first-order chi connectivity index (χ1) is 6.77. The number of hydrogen-bond acceptors (Lipinski definition) is 3. The molecule has 70 valence electrons. The quantitative estimate of drug-likeness (QED) is 0.444. The summed E-state index contributed by atoms with van der Waals surface area (Å²) in [7, 11) is 0. The Morgan fingerprint density at radius 1 is 1.29 bits per heavy atom. The normalized spacial score (nSPS) is 10.0. The highest BCUT2D eigenvalue weighted by Crippen LogP contribution is 2.28. The van der Waals surface area contributed by atoms with Gasteiger partial charge in [-0.2, -0.15) is 0 Å². The van der Waals surface area contributed by atoms with Crippen LogP contribution in [0.1, 0.15) is 0 Å². The molecule has 1 aromatic heterocycles. The summed E-state index contributed by atoms with van der Waals surface area (Å²) in [6, 6.07) is 6.60. The summed E-state index contributed by atoms with van der Waals surface area (Å²) in [5.74, 6) is 0. The van der Waals surface area contributed by atoms with E-state index in [9.17, 15) is 10.1 Å². The molecule has 2 aromatic rings. The third-order valence-electron chi connectivity index (χ3n) is 1.77. The minimum atomic E-state index is -0.388. The van der Waals surface area contributed by atoms with E-state index < -0.39 is 0 Å². The zero-order chi connectivity index (χ0) is 9.97. The van der Waals surface area contributed by atoms with Crippen molar-refractivity contribution in [1.29, 1.82) is 0 Å². The van der Waals surface area contributed by atoms with Crippen LogP contribution in [0.4, 0.5) is 5.69 Å². The Kier molecular flexibility index (Phi) is 2.51. The van der Waals surface area contributed by atoms with E-state index >= 15 is 0 Å². The lowest BCUT2D eigenvalue weighted by atomic mass is 10.2. The van der Waals surface area contributed by atoms with Crippen LogP contribution in [0.5, 0.6) is 0 Å². The summed E-state index contributed by atoms with van der Waals surface area (Å²) in [6.07, 6.45) is 0. The van der Waals surface area contributed by atoms with Gasteiger partial charge in [-0.3, -0.25) is 10.1 Å². The van der Waals surface area contributed by atoms with Crippen molar-refractivity contribution < 1.29 is 4.92 Å². The molecule has 0 aliphatic carbocycles. The number of nitrogens with zero attached hydrogens (tertiary/aromatic N) is 1. The molecule has 0 bridgehead atoms. The Bertz CT molecular complexity index is 436. The van der Waals surface area contributed by atoms with Crippen LogP contribution < -0.4 is 0 Å². The van der Waals surface area contributed by atoms with Crippen LogP contribution in [-0.4, -0.2) is 4.92 Å². The van der Waals surface area contributed by atoms with Crippen molar-refractivity contribution in [2.24, 2.45) is 0 Å². The number of benzene rings is 1. The van der Waals surface area contributed by atoms with Gasteiger partial charge in [-0.05, 0) is 12.1 Å². The summed E-state index contributed by atoms with van der Waals surface area (Å²) in [5.41, 5.74) is 1.16. The van der Waals surface area contributed by atoms with Crippen molar-refractivity contribution in [2.75, 3.05) is 0 Å². The third-order valence-corrected chi connectivity index (χ3v) is 3.73. The molecule has 2 rings (SSSR count). The zero-order valence-corrected chi connectivity index (χ0v) is 8.68. The van der Waals surface area contributed by atoms with E-state index in [1.165, 1.54) is 12.1 Å². The molecule has 1 heterocycles. The van der Waals surface area contributed by atoms with E-state index in [-0.39, 0.29) is 10.6 Å². The van der Waals surface area contributed by atoms with Crippen LogP contribution in [0, 0.1) is 10.1 Å². The van der Waals surface area contributed by atoms with E-state index in [0.717, 1.165) is 10.4 Å². The maximum Gasteiger partial charge on any atom is 0.269 e. The highest BCUT2D eigenvalue weighted by Gasteiger charge is 2.09. The van der Waals surface area contributed by atoms with Crippen molar-refractivity contribution in [3.8, 4) is 10.4 Å². The predicted octanol–water partition coefficient (Wildman–Crippen LogP) is 3.67. The van der Waals surface area contributed by atoms with Crippen molar-refractivity contribution in [3.05, 3.63) is 44.5 Å². The maximum absolute atomic E-state index is 10.4. The lowest BCUT2D eigenvalue weighted by molar-refractivity contribution is -0.384. The Labute approximate surface area is 88.4 Å². The molecule has 0 aliphatic heterocycles. The number of nitro groups is 1. The van der Waals surface area contributed by atoms with Gasteiger partial charge >= 0.3 is 0 Å². The van der Waals surface area contributed by atoms with Crippen LogP contribution >= 0.6 is 22.7 Å². The van der Waals surface area contributed by atoms with Gasteiger partial charge in [0.25, 0.3) is 5.69 Å². The van der Waals surface area contributed by atoms with E-state index in [1.54, 1.807) is 34.8 Å². The minimum absolute atomic E-state index is 0.133. The molecule has 1 aromatic carbocycles. The second kappa shape index (κ2) is 3.81. The SMILES string of the molecule is O=[N+]([O-])c1ccc(-c2c[s+]cs2)cc1. The molecule has 0 radical (unpaired) electrons.